The van der Waals surface area contributed by atoms with Crippen LogP contribution in [0.2, 0.25) is 0 Å². The summed E-state index contributed by atoms with van der Waals surface area (Å²) in [6, 6.07) is 3.15. The topological polar surface area (TPSA) is 64.3 Å². The van der Waals surface area contributed by atoms with Gasteiger partial charge in [-0.3, -0.25) is 4.79 Å². The number of carbonyl (C=O) groups is 1. The zero-order valence-corrected chi connectivity index (χ0v) is 11.8. The monoisotopic (exact) mass is 300 g/mol. The highest BCUT2D eigenvalue weighted by atomic mass is 79.9. The fourth-order valence-corrected chi connectivity index (χ4v) is 1.74. The molecule has 0 aliphatic heterocycles. The smallest absolute Gasteiger partial charge is 0.243 e. The number of amides is 1. The molecule has 1 rings (SSSR count). The van der Waals surface area contributed by atoms with Gasteiger partial charge in [0.05, 0.1) is 6.61 Å². The minimum absolute atomic E-state index is 0.209. The molecule has 0 aliphatic rings. The Labute approximate surface area is 110 Å². The summed E-state index contributed by atoms with van der Waals surface area (Å²) < 4.78 is 5.89. The summed E-state index contributed by atoms with van der Waals surface area (Å²) >= 11 is 3.48. The van der Waals surface area contributed by atoms with E-state index in [1.165, 1.54) is 7.11 Å². The van der Waals surface area contributed by atoms with Crippen LogP contribution in [0.5, 0.6) is 0 Å². The molecule has 0 spiro atoms. The Kier molecular flexibility index (Phi) is 5.11. The van der Waals surface area contributed by atoms with Gasteiger partial charge in [0.15, 0.2) is 0 Å². The van der Waals surface area contributed by atoms with Crippen LogP contribution in [0.25, 0.3) is 0 Å². The van der Waals surface area contributed by atoms with Crippen molar-refractivity contribution in [1.82, 2.24) is 0 Å². The van der Waals surface area contributed by atoms with Crippen molar-refractivity contribution in [2.24, 2.45) is 5.73 Å². The molecule has 1 atom stereocenters. The fourth-order valence-electron chi connectivity index (χ4n) is 1.51. The van der Waals surface area contributed by atoms with Crippen LogP contribution in [0.3, 0.4) is 0 Å². The molecule has 0 saturated carbocycles. The zero-order chi connectivity index (χ0) is 13.0. The van der Waals surface area contributed by atoms with E-state index in [0.717, 1.165) is 21.3 Å². The lowest BCUT2D eigenvalue weighted by Gasteiger charge is -2.13. The molecule has 4 nitrogen and oxygen atoms in total. The Morgan fingerprint density at radius 2 is 2.00 bits per heavy atom. The number of ether oxygens (including phenoxy) is 1. The first-order valence-electron chi connectivity index (χ1n) is 5.27. The summed E-state index contributed by atoms with van der Waals surface area (Å²) in [5, 5.41) is 2.77. The highest BCUT2D eigenvalue weighted by Crippen LogP contribution is 2.24. The summed E-state index contributed by atoms with van der Waals surface area (Å²) in [6.07, 6.45) is 0. The molecule has 0 bridgehead atoms. The number of hydrogen-bond acceptors (Lipinski definition) is 3. The van der Waals surface area contributed by atoms with E-state index in [-0.39, 0.29) is 12.5 Å². The molecule has 1 amide bonds. The number of nitrogens with one attached hydrogen (secondary N) is 1. The Hall–Kier alpha value is -0.910. The lowest BCUT2D eigenvalue weighted by molar-refractivity contribution is -0.118. The molecular formula is C12H17BrN2O2. The van der Waals surface area contributed by atoms with E-state index in [9.17, 15) is 4.79 Å². The second-order valence-corrected chi connectivity index (χ2v) is 4.77. The van der Waals surface area contributed by atoms with Crippen LogP contribution in [0.15, 0.2) is 16.6 Å². The summed E-state index contributed by atoms with van der Waals surface area (Å²) in [6.45, 7) is 4.16. The maximum atomic E-state index is 11.7. The molecule has 94 valence electrons. The minimum Gasteiger partial charge on any atom is -0.383 e. The first-order chi connectivity index (χ1) is 7.95. The van der Waals surface area contributed by atoms with Gasteiger partial charge >= 0.3 is 0 Å². The Morgan fingerprint density at radius 3 is 2.47 bits per heavy atom. The maximum absolute atomic E-state index is 11.7. The maximum Gasteiger partial charge on any atom is 0.243 e. The summed E-state index contributed by atoms with van der Waals surface area (Å²) in [5.74, 6) is -0.243. The van der Waals surface area contributed by atoms with E-state index in [1.54, 1.807) is 0 Å². The van der Waals surface area contributed by atoms with Crippen molar-refractivity contribution in [3.63, 3.8) is 0 Å². The molecule has 1 aromatic rings. The van der Waals surface area contributed by atoms with Gasteiger partial charge in [-0.25, -0.2) is 0 Å². The van der Waals surface area contributed by atoms with E-state index >= 15 is 0 Å². The first kappa shape index (κ1) is 14.2. The van der Waals surface area contributed by atoms with Gasteiger partial charge in [0.2, 0.25) is 5.91 Å². The highest BCUT2D eigenvalue weighted by molar-refractivity contribution is 9.10. The molecule has 5 heteroatoms. The average Bonchev–Trinajstić information content (AvgIpc) is 2.26. The van der Waals surface area contributed by atoms with Crippen LogP contribution < -0.4 is 11.1 Å². The minimum atomic E-state index is -0.649. The van der Waals surface area contributed by atoms with Crippen LogP contribution in [0.4, 0.5) is 5.69 Å². The Balaban J connectivity index is 2.79. The lowest BCUT2D eigenvalue weighted by atomic mass is 10.1. The van der Waals surface area contributed by atoms with Crippen LogP contribution in [-0.2, 0) is 9.53 Å². The van der Waals surface area contributed by atoms with Gasteiger partial charge in [-0.2, -0.15) is 0 Å². The largest absolute Gasteiger partial charge is 0.383 e. The average molecular weight is 301 g/mol. The van der Waals surface area contributed by atoms with Crippen LogP contribution >= 0.6 is 15.9 Å². The number of nitrogens with two attached hydrogens (primary N) is 1. The van der Waals surface area contributed by atoms with Crippen molar-refractivity contribution >= 4 is 27.5 Å². The zero-order valence-electron chi connectivity index (χ0n) is 10.2. The van der Waals surface area contributed by atoms with E-state index in [1.807, 2.05) is 26.0 Å². The predicted octanol–water partition coefficient (Wildman–Crippen LogP) is 1.98. The third kappa shape index (κ3) is 3.80. The van der Waals surface area contributed by atoms with Crippen molar-refractivity contribution in [2.75, 3.05) is 19.0 Å². The standard InChI is InChI=1S/C12H17BrN2O2/c1-7-4-9(5-8(2)11(7)13)15-12(16)10(14)6-17-3/h4-5,10H,6,14H2,1-3H3,(H,15,16). The van der Waals surface area contributed by atoms with Crippen molar-refractivity contribution in [1.29, 1.82) is 0 Å². The molecule has 0 saturated heterocycles. The number of methoxy groups -OCH3 is 1. The molecule has 0 radical (unpaired) electrons. The van der Waals surface area contributed by atoms with Crippen molar-refractivity contribution < 1.29 is 9.53 Å². The Bertz CT molecular complexity index is 398. The molecule has 0 fully saturated rings. The summed E-state index contributed by atoms with van der Waals surface area (Å²) in [4.78, 5) is 11.7. The number of carbonyl (C=O) groups excluding carboxylic acids is 1. The van der Waals surface area contributed by atoms with Gasteiger partial charge in [0.1, 0.15) is 6.04 Å². The number of halogens is 1. The molecular weight excluding hydrogens is 284 g/mol. The van der Waals surface area contributed by atoms with Crippen molar-refractivity contribution in [2.45, 2.75) is 19.9 Å². The highest BCUT2D eigenvalue weighted by Gasteiger charge is 2.13. The van der Waals surface area contributed by atoms with Gasteiger partial charge < -0.3 is 15.8 Å². The van der Waals surface area contributed by atoms with Crippen molar-refractivity contribution in [3.8, 4) is 0 Å². The van der Waals surface area contributed by atoms with E-state index in [0.29, 0.717) is 0 Å². The third-order valence-corrected chi connectivity index (χ3v) is 3.64. The second kappa shape index (κ2) is 6.14. The normalized spacial score (nSPS) is 12.3. The fraction of sp³-hybridized carbons (Fsp3) is 0.417. The van der Waals surface area contributed by atoms with Gasteiger partial charge in [0.25, 0.3) is 0 Å². The molecule has 1 aromatic carbocycles. The Morgan fingerprint density at radius 1 is 1.47 bits per heavy atom. The van der Waals surface area contributed by atoms with E-state index < -0.39 is 6.04 Å². The molecule has 17 heavy (non-hydrogen) atoms. The third-order valence-electron chi connectivity index (χ3n) is 2.39. The lowest BCUT2D eigenvalue weighted by Crippen LogP contribution is -2.39. The molecule has 0 aromatic heterocycles. The van der Waals surface area contributed by atoms with Gasteiger partial charge in [-0.15, -0.1) is 0 Å². The summed E-state index contributed by atoms with van der Waals surface area (Å²) in [5.41, 5.74) is 8.53. The van der Waals surface area contributed by atoms with E-state index in [4.69, 9.17) is 10.5 Å². The number of anilines is 1. The van der Waals surface area contributed by atoms with Crippen molar-refractivity contribution in [3.05, 3.63) is 27.7 Å². The van der Waals surface area contributed by atoms with Crippen LogP contribution in [-0.4, -0.2) is 25.7 Å². The predicted molar refractivity (Wildman–Crippen MR) is 72.1 cm³/mol. The second-order valence-electron chi connectivity index (χ2n) is 3.98. The molecule has 0 heterocycles. The molecule has 1 unspecified atom stereocenters. The first-order valence-corrected chi connectivity index (χ1v) is 6.07. The molecule has 3 N–H and O–H groups in total. The van der Waals surface area contributed by atoms with Crippen LogP contribution in [0, 0.1) is 13.8 Å². The molecule has 0 aliphatic carbocycles. The number of rotatable bonds is 4. The number of aryl methyl sites for hydroxylation is 2. The number of benzene rings is 1. The number of hydrogen-bond donors (Lipinski definition) is 2. The summed E-state index contributed by atoms with van der Waals surface area (Å²) in [7, 11) is 1.51. The van der Waals surface area contributed by atoms with E-state index in [2.05, 4.69) is 21.2 Å². The van der Waals surface area contributed by atoms with Gasteiger partial charge in [-0.1, -0.05) is 15.9 Å². The quantitative estimate of drug-likeness (QED) is 0.894. The van der Waals surface area contributed by atoms with Gasteiger partial charge in [-0.05, 0) is 37.1 Å². The van der Waals surface area contributed by atoms with Crippen LogP contribution in [0.1, 0.15) is 11.1 Å². The SMILES string of the molecule is COCC(N)C(=O)Nc1cc(C)c(Br)c(C)c1. The van der Waals surface area contributed by atoms with Gasteiger partial charge in [0, 0.05) is 17.3 Å².